The van der Waals surface area contributed by atoms with Gasteiger partial charge in [0, 0.05) is 18.8 Å². The lowest BCUT2D eigenvalue weighted by Gasteiger charge is -2.42. The van der Waals surface area contributed by atoms with Crippen molar-refractivity contribution in [1.29, 1.82) is 0 Å². The van der Waals surface area contributed by atoms with Crippen LogP contribution < -0.4 is 10.2 Å². The highest BCUT2D eigenvalue weighted by molar-refractivity contribution is 6.51. The normalized spacial score (nSPS) is 20.4. The molecule has 0 saturated carbocycles. The van der Waals surface area contributed by atoms with E-state index in [-0.39, 0.29) is 0 Å². The van der Waals surface area contributed by atoms with E-state index < -0.39 is 11.7 Å². The molecule has 1 saturated heterocycles. The van der Waals surface area contributed by atoms with Crippen LogP contribution in [0.1, 0.15) is 49.9 Å². The van der Waals surface area contributed by atoms with E-state index in [9.17, 15) is 9.59 Å². The number of hydrogen-bond donors (Lipinski definition) is 1. The summed E-state index contributed by atoms with van der Waals surface area (Å²) in [4.78, 5) is 25.4. The Labute approximate surface area is 125 Å². The maximum absolute atomic E-state index is 11.6. The molecule has 0 radical (unpaired) electrons. The SMILES string of the molecule is CCC1(CC)CCN(c2ccc3c(c2)NC(=O)C3=O)CC1. The molecule has 0 unspecified atom stereocenters. The zero-order chi connectivity index (χ0) is 15.0. The van der Waals surface area contributed by atoms with Gasteiger partial charge in [0.05, 0.1) is 11.3 Å². The Kier molecular flexibility index (Phi) is 3.47. The van der Waals surface area contributed by atoms with Crippen LogP contribution in [0.4, 0.5) is 11.4 Å². The van der Waals surface area contributed by atoms with Gasteiger partial charge in [-0.05, 0) is 36.5 Å². The predicted octanol–water partition coefficient (Wildman–Crippen LogP) is 3.23. The van der Waals surface area contributed by atoms with Gasteiger partial charge in [-0.3, -0.25) is 9.59 Å². The molecular weight excluding hydrogens is 264 g/mol. The van der Waals surface area contributed by atoms with Crippen molar-refractivity contribution >= 4 is 23.1 Å². The Morgan fingerprint density at radius 1 is 1.14 bits per heavy atom. The molecule has 1 aromatic carbocycles. The van der Waals surface area contributed by atoms with Crippen molar-refractivity contribution < 1.29 is 9.59 Å². The number of Topliss-reactive ketones (excluding diaryl/α,β-unsaturated/α-hetero) is 1. The van der Waals surface area contributed by atoms with Gasteiger partial charge in [-0.2, -0.15) is 0 Å². The Morgan fingerprint density at radius 2 is 1.81 bits per heavy atom. The number of rotatable bonds is 3. The first-order chi connectivity index (χ1) is 10.1. The Hall–Kier alpha value is -1.84. The molecule has 1 aromatic rings. The third-order valence-electron chi connectivity index (χ3n) is 5.39. The molecule has 0 aliphatic carbocycles. The molecule has 2 heterocycles. The van der Waals surface area contributed by atoms with Crippen molar-refractivity contribution in [2.24, 2.45) is 5.41 Å². The average molecular weight is 286 g/mol. The first-order valence-corrected chi connectivity index (χ1v) is 7.83. The molecule has 1 fully saturated rings. The minimum absolute atomic E-state index is 0.425. The van der Waals surface area contributed by atoms with Crippen molar-refractivity contribution in [3.8, 4) is 0 Å². The highest BCUT2D eigenvalue weighted by Gasteiger charge is 2.32. The Bertz CT molecular complexity index is 580. The zero-order valence-corrected chi connectivity index (χ0v) is 12.7. The molecule has 0 bridgehead atoms. The van der Waals surface area contributed by atoms with Crippen LogP contribution >= 0.6 is 0 Å². The molecule has 1 amide bonds. The van der Waals surface area contributed by atoms with E-state index >= 15 is 0 Å². The molecule has 4 nitrogen and oxygen atoms in total. The standard InChI is InChI=1S/C17H22N2O2/c1-3-17(4-2)7-9-19(10-8-17)12-5-6-13-14(11-12)18-16(21)15(13)20/h5-6,11H,3-4,7-10H2,1-2H3,(H,18,20,21). The van der Waals surface area contributed by atoms with Crippen LogP contribution in [0.15, 0.2) is 18.2 Å². The second kappa shape index (κ2) is 5.17. The number of carbonyl (C=O) groups excluding carboxylic acids is 2. The number of anilines is 2. The van der Waals surface area contributed by atoms with E-state index in [0.29, 0.717) is 16.7 Å². The number of fused-ring (bicyclic) bond motifs is 1. The van der Waals surface area contributed by atoms with Crippen molar-refractivity contribution in [2.75, 3.05) is 23.3 Å². The van der Waals surface area contributed by atoms with E-state index in [1.807, 2.05) is 12.1 Å². The molecule has 21 heavy (non-hydrogen) atoms. The second-order valence-corrected chi connectivity index (χ2v) is 6.21. The van der Waals surface area contributed by atoms with Gasteiger partial charge in [-0.15, -0.1) is 0 Å². The molecular formula is C17H22N2O2. The van der Waals surface area contributed by atoms with Gasteiger partial charge in [-0.25, -0.2) is 0 Å². The average Bonchev–Trinajstić information content (AvgIpc) is 2.81. The highest BCUT2D eigenvalue weighted by Crippen LogP contribution is 2.39. The molecule has 2 aliphatic rings. The molecule has 112 valence electrons. The third-order valence-corrected chi connectivity index (χ3v) is 5.39. The molecule has 3 rings (SSSR count). The summed E-state index contributed by atoms with van der Waals surface area (Å²) >= 11 is 0. The van der Waals surface area contributed by atoms with E-state index in [1.54, 1.807) is 6.07 Å². The molecule has 1 N–H and O–H groups in total. The van der Waals surface area contributed by atoms with Gasteiger partial charge in [-0.1, -0.05) is 26.7 Å². The van der Waals surface area contributed by atoms with Gasteiger partial charge < -0.3 is 10.2 Å². The fourth-order valence-electron chi connectivity index (χ4n) is 3.53. The minimum Gasteiger partial charge on any atom is -0.371 e. The van der Waals surface area contributed by atoms with E-state index in [4.69, 9.17) is 0 Å². The van der Waals surface area contributed by atoms with Gasteiger partial charge in [0.25, 0.3) is 11.7 Å². The van der Waals surface area contributed by atoms with Gasteiger partial charge >= 0.3 is 0 Å². The predicted molar refractivity (Wildman–Crippen MR) is 83.9 cm³/mol. The van der Waals surface area contributed by atoms with Gasteiger partial charge in [0.15, 0.2) is 0 Å². The van der Waals surface area contributed by atoms with Crippen LogP contribution in [-0.2, 0) is 4.79 Å². The zero-order valence-electron chi connectivity index (χ0n) is 12.7. The summed E-state index contributed by atoms with van der Waals surface area (Å²) < 4.78 is 0. The summed E-state index contributed by atoms with van der Waals surface area (Å²) in [5.74, 6) is -0.942. The summed E-state index contributed by atoms with van der Waals surface area (Å²) in [6.45, 7) is 6.66. The fourth-order valence-corrected chi connectivity index (χ4v) is 3.53. The summed E-state index contributed by atoms with van der Waals surface area (Å²) in [5.41, 5.74) is 2.75. The lowest BCUT2D eigenvalue weighted by Crippen LogP contribution is -2.39. The van der Waals surface area contributed by atoms with Crippen molar-refractivity contribution in [3.05, 3.63) is 23.8 Å². The van der Waals surface area contributed by atoms with E-state index in [1.165, 1.54) is 25.7 Å². The number of nitrogens with one attached hydrogen (secondary N) is 1. The number of benzene rings is 1. The fraction of sp³-hybridized carbons (Fsp3) is 0.529. The largest absolute Gasteiger partial charge is 0.371 e. The van der Waals surface area contributed by atoms with Crippen molar-refractivity contribution in [3.63, 3.8) is 0 Å². The second-order valence-electron chi connectivity index (χ2n) is 6.21. The molecule has 0 atom stereocenters. The number of ketones is 1. The summed E-state index contributed by atoms with van der Waals surface area (Å²) in [6.07, 6.45) is 4.91. The smallest absolute Gasteiger partial charge is 0.296 e. The first kappa shape index (κ1) is 14.1. The van der Waals surface area contributed by atoms with E-state index in [2.05, 4.69) is 24.1 Å². The number of nitrogens with zero attached hydrogens (tertiary/aromatic N) is 1. The van der Waals surface area contributed by atoms with Gasteiger partial charge in [0.1, 0.15) is 0 Å². The maximum Gasteiger partial charge on any atom is 0.296 e. The number of piperidine rings is 1. The molecule has 2 aliphatic heterocycles. The Morgan fingerprint density at radius 3 is 2.43 bits per heavy atom. The molecule has 4 heteroatoms. The third kappa shape index (κ3) is 2.33. The lowest BCUT2D eigenvalue weighted by atomic mass is 9.74. The summed E-state index contributed by atoms with van der Waals surface area (Å²) in [7, 11) is 0. The van der Waals surface area contributed by atoms with E-state index in [0.717, 1.165) is 18.8 Å². The number of hydrogen-bond acceptors (Lipinski definition) is 3. The van der Waals surface area contributed by atoms with Crippen LogP contribution in [0.5, 0.6) is 0 Å². The van der Waals surface area contributed by atoms with Crippen LogP contribution in [0.3, 0.4) is 0 Å². The van der Waals surface area contributed by atoms with Crippen molar-refractivity contribution in [1.82, 2.24) is 0 Å². The maximum atomic E-state index is 11.6. The summed E-state index contributed by atoms with van der Waals surface area (Å²) in [6, 6.07) is 5.66. The monoisotopic (exact) mass is 286 g/mol. The van der Waals surface area contributed by atoms with Gasteiger partial charge in [0.2, 0.25) is 0 Å². The minimum atomic E-state index is -0.517. The van der Waals surface area contributed by atoms with Crippen LogP contribution in [0, 0.1) is 5.41 Å². The number of amides is 1. The molecule has 0 aromatic heterocycles. The molecule has 0 spiro atoms. The topological polar surface area (TPSA) is 49.4 Å². The van der Waals surface area contributed by atoms with Crippen LogP contribution in [-0.4, -0.2) is 24.8 Å². The lowest BCUT2D eigenvalue weighted by molar-refractivity contribution is -0.112. The first-order valence-electron chi connectivity index (χ1n) is 7.83. The van der Waals surface area contributed by atoms with Crippen LogP contribution in [0.2, 0.25) is 0 Å². The van der Waals surface area contributed by atoms with Crippen molar-refractivity contribution in [2.45, 2.75) is 39.5 Å². The highest BCUT2D eigenvalue weighted by atomic mass is 16.2. The van der Waals surface area contributed by atoms with Crippen LogP contribution in [0.25, 0.3) is 0 Å². The Balaban J connectivity index is 1.77. The quantitative estimate of drug-likeness (QED) is 0.868. The number of carbonyl (C=O) groups is 2. The summed E-state index contributed by atoms with van der Waals surface area (Å²) in [5, 5.41) is 2.65.